The molecule has 0 unspecified atom stereocenters. The van der Waals surface area contributed by atoms with E-state index in [0.717, 1.165) is 41.0 Å². The number of methoxy groups -OCH3 is 2. The summed E-state index contributed by atoms with van der Waals surface area (Å²) in [6.07, 6.45) is 1.12. The molecule has 0 saturated carbocycles. The molecule has 0 radical (unpaired) electrons. The van der Waals surface area contributed by atoms with Gasteiger partial charge in [-0.2, -0.15) is 0 Å². The van der Waals surface area contributed by atoms with Gasteiger partial charge in [0, 0.05) is 6.54 Å². The Balaban J connectivity index is 1.84. The summed E-state index contributed by atoms with van der Waals surface area (Å²) in [5.41, 5.74) is 3.37. The van der Waals surface area contributed by atoms with Gasteiger partial charge in [-0.3, -0.25) is 4.79 Å². The van der Waals surface area contributed by atoms with Crippen molar-refractivity contribution in [2.75, 3.05) is 20.8 Å². The van der Waals surface area contributed by atoms with Gasteiger partial charge >= 0.3 is 0 Å². The first-order valence-corrected chi connectivity index (χ1v) is 10.1. The van der Waals surface area contributed by atoms with Gasteiger partial charge in [-0.05, 0) is 67.5 Å². The van der Waals surface area contributed by atoms with Gasteiger partial charge in [0.1, 0.15) is 5.75 Å². The smallest absolute Gasteiger partial charge is 0.260 e. The van der Waals surface area contributed by atoms with Crippen LogP contribution in [-0.4, -0.2) is 32.8 Å². The second-order valence-corrected chi connectivity index (χ2v) is 7.54. The molecule has 0 aliphatic rings. The molecule has 29 heavy (non-hydrogen) atoms. The van der Waals surface area contributed by atoms with Crippen LogP contribution in [0.15, 0.2) is 36.4 Å². The molecule has 1 amide bonds. The molecule has 158 valence electrons. The summed E-state index contributed by atoms with van der Waals surface area (Å²) in [6, 6.07) is 12.0. The molecule has 0 spiro atoms. The number of benzene rings is 2. The van der Waals surface area contributed by atoms with Gasteiger partial charge < -0.3 is 19.5 Å². The van der Waals surface area contributed by atoms with Crippen molar-refractivity contribution >= 4 is 5.91 Å². The normalized spacial score (nSPS) is 11.8. The molecule has 5 nitrogen and oxygen atoms in total. The van der Waals surface area contributed by atoms with Gasteiger partial charge in [0.25, 0.3) is 5.91 Å². The predicted octanol–water partition coefficient (Wildman–Crippen LogP) is 4.65. The Hall–Kier alpha value is -2.69. The Morgan fingerprint density at radius 2 is 1.69 bits per heavy atom. The first-order chi connectivity index (χ1) is 13.8. The van der Waals surface area contributed by atoms with Crippen LogP contribution >= 0.6 is 0 Å². The van der Waals surface area contributed by atoms with Crippen molar-refractivity contribution in [2.45, 2.75) is 52.6 Å². The number of carbonyl (C=O) groups excluding carboxylic acids is 1. The van der Waals surface area contributed by atoms with Crippen LogP contribution in [0.3, 0.4) is 0 Å². The van der Waals surface area contributed by atoms with E-state index in [1.54, 1.807) is 21.1 Å². The molecule has 0 aliphatic carbocycles. The van der Waals surface area contributed by atoms with Crippen molar-refractivity contribution < 1.29 is 19.0 Å². The van der Waals surface area contributed by atoms with Gasteiger partial charge in [-0.15, -0.1) is 0 Å². The van der Waals surface area contributed by atoms with Crippen LogP contribution in [0.4, 0.5) is 0 Å². The minimum Gasteiger partial charge on any atom is -0.493 e. The van der Waals surface area contributed by atoms with E-state index in [1.807, 2.05) is 31.2 Å². The van der Waals surface area contributed by atoms with E-state index < -0.39 is 6.10 Å². The van der Waals surface area contributed by atoms with Crippen molar-refractivity contribution in [3.8, 4) is 17.2 Å². The number of rotatable bonds is 10. The van der Waals surface area contributed by atoms with Crippen molar-refractivity contribution in [3.05, 3.63) is 53.1 Å². The predicted molar refractivity (Wildman–Crippen MR) is 116 cm³/mol. The van der Waals surface area contributed by atoms with Gasteiger partial charge in [0.15, 0.2) is 17.6 Å². The summed E-state index contributed by atoms with van der Waals surface area (Å²) in [4.78, 5) is 12.4. The summed E-state index contributed by atoms with van der Waals surface area (Å²) in [6.45, 7) is 8.64. The summed E-state index contributed by atoms with van der Waals surface area (Å²) >= 11 is 0. The molecule has 0 heterocycles. The Labute approximate surface area is 174 Å². The van der Waals surface area contributed by atoms with Crippen molar-refractivity contribution in [1.82, 2.24) is 5.32 Å². The lowest BCUT2D eigenvalue weighted by molar-refractivity contribution is -0.127. The maximum Gasteiger partial charge on any atom is 0.260 e. The molecule has 0 aliphatic heterocycles. The quantitative estimate of drug-likeness (QED) is 0.591. The maximum atomic E-state index is 12.4. The number of nitrogens with one attached hydrogen (secondary N) is 1. The summed E-state index contributed by atoms with van der Waals surface area (Å²) in [5.74, 6) is 2.45. The van der Waals surface area contributed by atoms with Crippen LogP contribution in [-0.2, 0) is 11.2 Å². The SMILES string of the molecule is COc1ccc(CCCNC(=O)[C@@H](C)Oc2cc(C)ccc2C(C)C)cc1OC. The summed E-state index contributed by atoms with van der Waals surface area (Å²) < 4.78 is 16.6. The average Bonchev–Trinajstić information content (AvgIpc) is 2.70. The van der Waals surface area contributed by atoms with E-state index in [1.165, 1.54) is 0 Å². The fourth-order valence-corrected chi connectivity index (χ4v) is 3.15. The van der Waals surface area contributed by atoms with Crippen LogP contribution in [0.5, 0.6) is 17.2 Å². The second kappa shape index (κ2) is 10.7. The molecule has 5 heteroatoms. The number of aryl methyl sites for hydroxylation is 2. The Morgan fingerprint density at radius 3 is 2.34 bits per heavy atom. The van der Waals surface area contributed by atoms with E-state index >= 15 is 0 Å². The zero-order chi connectivity index (χ0) is 21.4. The zero-order valence-corrected chi connectivity index (χ0v) is 18.4. The number of carbonyl (C=O) groups is 1. The lowest BCUT2D eigenvalue weighted by Crippen LogP contribution is -2.37. The third-order valence-corrected chi connectivity index (χ3v) is 4.85. The van der Waals surface area contributed by atoms with E-state index in [9.17, 15) is 4.79 Å². The van der Waals surface area contributed by atoms with E-state index in [4.69, 9.17) is 14.2 Å². The van der Waals surface area contributed by atoms with Crippen LogP contribution in [0.25, 0.3) is 0 Å². The highest BCUT2D eigenvalue weighted by Crippen LogP contribution is 2.29. The topological polar surface area (TPSA) is 56.8 Å². The highest BCUT2D eigenvalue weighted by atomic mass is 16.5. The molecular weight excluding hydrogens is 366 g/mol. The van der Waals surface area contributed by atoms with Gasteiger partial charge in [0.05, 0.1) is 14.2 Å². The molecule has 1 atom stereocenters. The monoisotopic (exact) mass is 399 g/mol. The Bertz CT molecular complexity index is 817. The highest BCUT2D eigenvalue weighted by Gasteiger charge is 2.17. The van der Waals surface area contributed by atoms with Gasteiger partial charge in [-0.1, -0.05) is 32.0 Å². The number of hydrogen-bond acceptors (Lipinski definition) is 4. The molecule has 0 saturated heterocycles. The van der Waals surface area contributed by atoms with Crippen molar-refractivity contribution in [3.63, 3.8) is 0 Å². The molecule has 2 aromatic carbocycles. The third-order valence-electron chi connectivity index (χ3n) is 4.85. The van der Waals surface area contributed by atoms with Crippen molar-refractivity contribution in [2.24, 2.45) is 0 Å². The number of hydrogen-bond donors (Lipinski definition) is 1. The summed E-state index contributed by atoms with van der Waals surface area (Å²) in [5, 5.41) is 2.97. The molecule has 0 fully saturated rings. The Kier molecular flexibility index (Phi) is 8.37. The largest absolute Gasteiger partial charge is 0.493 e. The van der Waals surface area contributed by atoms with Gasteiger partial charge in [0.2, 0.25) is 0 Å². The molecule has 0 bridgehead atoms. The molecule has 0 aromatic heterocycles. The number of ether oxygens (including phenoxy) is 3. The molecule has 2 rings (SSSR count). The van der Waals surface area contributed by atoms with Crippen LogP contribution in [0.2, 0.25) is 0 Å². The molecule has 1 N–H and O–H groups in total. The van der Waals surface area contributed by atoms with E-state index in [2.05, 4.69) is 31.3 Å². The molecule has 2 aromatic rings. The van der Waals surface area contributed by atoms with E-state index in [0.29, 0.717) is 18.2 Å². The van der Waals surface area contributed by atoms with Gasteiger partial charge in [-0.25, -0.2) is 0 Å². The zero-order valence-electron chi connectivity index (χ0n) is 18.4. The van der Waals surface area contributed by atoms with E-state index in [-0.39, 0.29) is 5.91 Å². The number of amides is 1. The lowest BCUT2D eigenvalue weighted by Gasteiger charge is -2.19. The van der Waals surface area contributed by atoms with Crippen molar-refractivity contribution in [1.29, 1.82) is 0 Å². The second-order valence-electron chi connectivity index (χ2n) is 7.54. The highest BCUT2D eigenvalue weighted by molar-refractivity contribution is 5.80. The lowest BCUT2D eigenvalue weighted by atomic mass is 10.0. The fourth-order valence-electron chi connectivity index (χ4n) is 3.15. The maximum absolute atomic E-state index is 12.4. The molecular formula is C24H33NO4. The van der Waals surface area contributed by atoms with Crippen LogP contribution in [0, 0.1) is 6.92 Å². The Morgan fingerprint density at radius 1 is 0.966 bits per heavy atom. The standard InChI is InChI=1S/C24H33NO4/c1-16(2)20-11-9-17(3)14-22(20)29-18(4)24(26)25-13-7-8-19-10-12-21(27-5)23(15-19)28-6/h9-12,14-16,18H,7-8,13H2,1-6H3,(H,25,26)/t18-/m1/s1. The van der Waals surface area contributed by atoms with Crippen LogP contribution in [0.1, 0.15) is 49.8 Å². The fraction of sp³-hybridized carbons (Fsp3) is 0.458. The average molecular weight is 400 g/mol. The first kappa shape index (κ1) is 22.6. The minimum atomic E-state index is -0.546. The third kappa shape index (κ3) is 6.41. The summed E-state index contributed by atoms with van der Waals surface area (Å²) in [7, 11) is 3.25. The minimum absolute atomic E-state index is 0.103. The first-order valence-electron chi connectivity index (χ1n) is 10.1. The van der Waals surface area contributed by atoms with Crippen LogP contribution < -0.4 is 19.5 Å².